The van der Waals surface area contributed by atoms with Crippen molar-refractivity contribution >= 4 is 28.9 Å². The molecule has 0 aromatic heterocycles. The molecule has 0 N–H and O–H groups in total. The molecule has 1 amide bonds. The Hall–Kier alpha value is -3.25. The van der Waals surface area contributed by atoms with Crippen molar-refractivity contribution in [3.05, 3.63) is 95.8 Å². The van der Waals surface area contributed by atoms with Gasteiger partial charge >= 0.3 is 0 Å². The number of nitrogens with zero attached hydrogens (tertiary/aromatic N) is 2. The van der Waals surface area contributed by atoms with Crippen LogP contribution in [0.4, 0.5) is 10.1 Å². The minimum atomic E-state index is -0.804. The lowest BCUT2D eigenvalue weighted by atomic mass is 9.88. The van der Waals surface area contributed by atoms with E-state index in [0.717, 1.165) is 11.3 Å². The molecule has 4 nitrogen and oxygen atoms in total. The van der Waals surface area contributed by atoms with Crippen LogP contribution in [-0.2, 0) is 0 Å². The Balaban J connectivity index is 1.67. The van der Waals surface area contributed by atoms with E-state index in [1.807, 2.05) is 54.3 Å². The first kappa shape index (κ1) is 18.8. The minimum absolute atomic E-state index is 0.170. The summed E-state index contributed by atoms with van der Waals surface area (Å²) in [6.45, 7) is 1.95. The van der Waals surface area contributed by atoms with Crippen molar-refractivity contribution in [2.75, 3.05) is 4.90 Å². The Bertz CT molecular complexity index is 1140. The fourth-order valence-corrected chi connectivity index (χ4v) is 4.84. The molecule has 0 aliphatic carbocycles. The monoisotopic (exact) mass is 418 g/mol. The van der Waals surface area contributed by atoms with Gasteiger partial charge in [0.1, 0.15) is 11.6 Å². The molecule has 2 unspecified atom stereocenters. The lowest BCUT2D eigenvalue weighted by Gasteiger charge is -2.55. The average molecular weight is 418 g/mol. The maximum atomic E-state index is 13.6. The van der Waals surface area contributed by atoms with E-state index >= 15 is 0 Å². The van der Waals surface area contributed by atoms with E-state index in [4.69, 9.17) is 17.0 Å². The second-order valence-corrected chi connectivity index (χ2v) is 8.04. The molecular weight excluding hydrogens is 399 g/mol. The van der Waals surface area contributed by atoms with Crippen LogP contribution in [0.15, 0.2) is 78.9 Å². The van der Waals surface area contributed by atoms with Crippen LogP contribution in [0.25, 0.3) is 0 Å². The zero-order chi connectivity index (χ0) is 20.9. The standard InChI is InChI=1S/C24H19FN2O2S/c1-24-15-20(19-9-5-6-10-21(19)29-24)26(22(28)16-7-3-2-4-8-16)23(30)27(24)18-13-11-17(25)12-14-18/h2-14,20H,15H2,1H3. The van der Waals surface area contributed by atoms with Crippen molar-refractivity contribution in [1.82, 2.24) is 4.90 Å². The molecule has 3 aromatic carbocycles. The first-order valence-corrected chi connectivity index (χ1v) is 10.1. The number of carbonyl (C=O) groups excluding carboxylic acids is 1. The summed E-state index contributed by atoms with van der Waals surface area (Å²) in [6, 6.07) is 22.7. The van der Waals surface area contributed by atoms with Crippen LogP contribution in [0.3, 0.4) is 0 Å². The predicted molar refractivity (Wildman–Crippen MR) is 117 cm³/mol. The first-order valence-electron chi connectivity index (χ1n) is 9.74. The Morgan fingerprint density at radius 3 is 2.43 bits per heavy atom. The van der Waals surface area contributed by atoms with Crippen LogP contribution < -0.4 is 9.64 Å². The number of halogens is 1. The number of thiocarbonyl (C=S) groups is 1. The van der Waals surface area contributed by atoms with E-state index < -0.39 is 5.72 Å². The summed E-state index contributed by atoms with van der Waals surface area (Å²) in [4.78, 5) is 17.0. The van der Waals surface area contributed by atoms with Gasteiger partial charge in [-0.15, -0.1) is 0 Å². The number of benzene rings is 3. The number of rotatable bonds is 2. The summed E-state index contributed by atoms with van der Waals surface area (Å²) in [5.41, 5.74) is 1.36. The number of fused-ring (bicyclic) bond motifs is 4. The largest absolute Gasteiger partial charge is 0.467 e. The molecule has 6 heteroatoms. The Labute approximate surface area is 179 Å². The van der Waals surface area contributed by atoms with Gasteiger partial charge in [0.2, 0.25) is 0 Å². The number of amides is 1. The fourth-order valence-electron chi connectivity index (χ4n) is 4.33. The molecule has 5 rings (SSSR count). The summed E-state index contributed by atoms with van der Waals surface area (Å²) < 4.78 is 20.0. The predicted octanol–water partition coefficient (Wildman–Crippen LogP) is 5.31. The van der Waals surface area contributed by atoms with E-state index in [9.17, 15) is 9.18 Å². The molecule has 150 valence electrons. The molecule has 2 aliphatic heterocycles. The lowest BCUT2D eigenvalue weighted by Crippen LogP contribution is -2.67. The third-order valence-electron chi connectivity index (χ3n) is 5.69. The highest BCUT2D eigenvalue weighted by atomic mass is 32.1. The first-order chi connectivity index (χ1) is 14.5. The number of anilines is 1. The van der Waals surface area contributed by atoms with Gasteiger partial charge in [0.05, 0.1) is 6.04 Å². The molecule has 1 saturated heterocycles. The fraction of sp³-hybridized carbons (Fsp3) is 0.167. The summed E-state index contributed by atoms with van der Waals surface area (Å²) in [7, 11) is 0. The van der Waals surface area contributed by atoms with Gasteiger partial charge in [0.15, 0.2) is 10.8 Å². The van der Waals surface area contributed by atoms with E-state index in [-0.39, 0.29) is 17.8 Å². The zero-order valence-corrected chi connectivity index (χ0v) is 17.1. The normalized spacial score (nSPS) is 22.3. The van der Waals surface area contributed by atoms with Gasteiger partial charge < -0.3 is 4.74 Å². The Morgan fingerprint density at radius 2 is 1.70 bits per heavy atom. The van der Waals surface area contributed by atoms with Gasteiger partial charge in [-0.2, -0.15) is 0 Å². The molecule has 0 saturated carbocycles. The maximum absolute atomic E-state index is 13.6. The number of hydrogen-bond acceptors (Lipinski definition) is 3. The molecule has 2 heterocycles. The number of para-hydroxylation sites is 1. The summed E-state index contributed by atoms with van der Waals surface area (Å²) in [5.74, 6) is 0.213. The van der Waals surface area contributed by atoms with Crippen LogP contribution in [0.1, 0.15) is 35.3 Å². The molecule has 2 aliphatic rings. The van der Waals surface area contributed by atoms with Crippen LogP contribution in [0.5, 0.6) is 5.75 Å². The highest BCUT2D eigenvalue weighted by Crippen LogP contribution is 2.49. The smallest absolute Gasteiger partial charge is 0.260 e. The summed E-state index contributed by atoms with van der Waals surface area (Å²) in [6.07, 6.45) is 0.528. The van der Waals surface area contributed by atoms with Gasteiger partial charge in [-0.3, -0.25) is 14.6 Å². The van der Waals surface area contributed by atoms with Crippen LogP contribution in [0, 0.1) is 5.82 Å². The minimum Gasteiger partial charge on any atom is -0.467 e. The maximum Gasteiger partial charge on any atom is 0.260 e. The second kappa shape index (κ2) is 6.92. The summed E-state index contributed by atoms with van der Waals surface area (Å²) >= 11 is 5.85. The highest BCUT2D eigenvalue weighted by Gasteiger charge is 2.53. The third-order valence-corrected chi connectivity index (χ3v) is 6.07. The number of hydrogen-bond donors (Lipinski definition) is 0. The number of ether oxygens (including phenoxy) is 1. The second-order valence-electron chi connectivity index (χ2n) is 7.67. The third kappa shape index (κ3) is 2.87. The van der Waals surface area contributed by atoms with Gasteiger partial charge in [0, 0.05) is 23.2 Å². The van der Waals surface area contributed by atoms with E-state index in [2.05, 4.69) is 0 Å². The van der Waals surface area contributed by atoms with Crippen LogP contribution in [0.2, 0.25) is 0 Å². The van der Waals surface area contributed by atoms with Crippen molar-refractivity contribution in [2.24, 2.45) is 0 Å². The highest BCUT2D eigenvalue weighted by molar-refractivity contribution is 7.80. The molecule has 1 fully saturated rings. The Morgan fingerprint density at radius 1 is 1.03 bits per heavy atom. The summed E-state index contributed by atoms with van der Waals surface area (Å²) in [5, 5.41) is 0.337. The Kier molecular flexibility index (Phi) is 4.33. The van der Waals surface area contributed by atoms with E-state index in [1.54, 1.807) is 29.2 Å². The number of carbonyl (C=O) groups is 1. The zero-order valence-electron chi connectivity index (χ0n) is 16.3. The average Bonchev–Trinajstić information content (AvgIpc) is 2.75. The van der Waals surface area contributed by atoms with Crippen molar-refractivity contribution in [3.8, 4) is 5.75 Å². The van der Waals surface area contributed by atoms with Crippen molar-refractivity contribution in [2.45, 2.75) is 25.1 Å². The lowest BCUT2D eigenvalue weighted by molar-refractivity contribution is 0.0184. The molecular formula is C24H19FN2O2S. The topological polar surface area (TPSA) is 32.8 Å². The van der Waals surface area contributed by atoms with Crippen LogP contribution in [-0.4, -0.2) is 21.6 Å². The van der Waals surface area contributed by atoms with Gasteiger partial charge in [-0.25, -0.2) is 4.39 Å². The van der Waals surface area contributed by atoms with Crippen molar-refractivity contribution in [3.63, 3.8) is 0 Å². The van der Waals surface area contributed by atoms with Crippen LogP contribution >= 0.6 is 12.2 Å². The molecule has 2 atom stereocenters. The SMILES string of the molecule is CC12CC(c3ccccc3O1)N(C(=O)c1ccccc1)C(=S)N2c1ccc(F)cc1. The van der Waals surface area contributed by atoms with Crippen molar-refractivity contribution < 1.29 is 13.9 Å². The van der Waals surface area contributed by atoms with Gasteiger partial charge in [0.25, 0.3) is 5.91 Å². The molecule has 2 bridgehead atoms. The van der Waals surface area contributed by atoms with E-state index in [1.165, 1.54) is 12.1 Å². The molecule has 30 heavy (non-hydrogen) atoms. The van der Waals surface area contributed by atoms with Gasteiger partial charge in [-0.05, 0) is 61.6 Å². The molecule has 0 radical (unpaired) electrons. The quantitative estimate of drug-likeness (QED) is 0.528. The van der Waals surface area contributed by atoms with E-state index in [0.29, 0.717) is 22.8 Å². The molecule has 3 aromatic rings. The van der Waals surface area contributed by atoms with Crippen molar-refractivity contribution in [1.29, 1.82) is 0 Å². The van der Waals surface area contributed by atoms with Gasteiger partial charge in [-0.1, -0.05) is 36.4 Å². The molecule has 0 spiro atoms.